The Balaban J connectivity index is 2.29. The predicted octanol–water partition coefficient (Wildman–Crippen LogP) is 1.61. The van der Waals surface area contributed by atoms with Crippen molar-refractivity contribution in [3.63, 3.8) is 0 Å². The van der Waals surface area contributed by atoms with Crippen molar-refractivity contribution >= 4 is 6.29 Å². The van der Waals surface area contributed by atoms with Gasteiger partial charge in [-0.05, 0) is 31.0 Å². The van der Waals surface area contributed by atoms with Gasteiger partial charge >= 0.3 is 5.69 Å². The molecule has 0 atom stereocenters. The van der Waals surface area contributed by atoms with Crippen LogP contribution in [-0.4, -0.2) is 15.8 Å². The minimum absolute atomic E-state index is 0.136. The number of nitrogens with one attached hydrogen (secondary N) is 1. The zero-order valence-corrected chi connectivity index (χ0v) is 9.64. The van der Waals surface area contributed by atoms with E-state index in [0.717, 1.165) is 29.7 Å². The van der Waals surface area contributed by atoms with Gasteiger partial charge < -0.3 is 9.78 Å². The molecular weight excluding hydrogens is 216 g/mol. The number of carbonyl (C=O) groups is 1. The molecule has 88 valence electrons. The molecule has 2 rings (SSSR count). The topological polar surface area (TPSA) is 54.9 Å². The highest BCUT2D eigenvalue weighted by molar-refractivity contribution is 5.50. The molecule has 17 heavy (non-hydrogen) atoms. The van der Waals surface area contributed by atoms with Crippen LogP contribution >= 0.6 is 0 Å². The number of rotatable bonds is 4. The number of aryl methyl sites for hydroxylation is 2. The summed E-state index contributed by atoms with van der Waals surface area (Å²) in [5.41, 5.74) is 2.67. The van der Waals surface area contributed by atoms with Crippen LogP contribution in [0.1, 0.15) is 17.7 Å². The van der Waals surface area contributed by atoms with Gasteiger partial charge in [-0.2, -0.15) is 0 Å². The van der Waals surface area contributed by atoms with Crippen LogP contribution in [0.15, 0.2) is 35.3 Å². The normalized spacial score (nSPS) is 10.4. The highest BCUT2D eigenvalue weighted by Crippen LogP contribution is 2.10. The molecule has 1 aromatic heterocycles. The number of imidazole rings is 1. The molecule has 1 N–H and O–H groups in total. The Hall–Kier alpha value is -2.10. The van der Waals surface area contributed by atoms with Crippen molar-refractivity contribution in [2.75, 3.05) is 0 Å². The number of benzene rings is 1. The summed E-state index contributed by atoms with van der Waals surface area (Å²) >= 11 is 0. The molecule has 0 aliphatic carbocycles. The maximum absolute atomic E-state index is 11.6. The van der Waals surface area contributed by atoms with Gasteiger partial charge in [-0.3, -0.25) is 4.57 Å². The highest BCUT2D eigenvalue weighted by atomic mass is 16.1. The van der Waals surface area contributed by atoms with Crippen molar-refractivity contribution in [2.24, 2.45) is 0 Å². The number of aromatic amines is 1. The number of H-pyrrole nitrogens is 1. The second-order valence-electron chi connectivity index (χ2n) is 3.94. The molecule has 0 bridgehead atoms. The molecule has 4 nitrogen and oxygen atoms in total. The third-order valence-electron chi connectivity index (χ3n) is 2.71. The van der Waals surface area contributed by atoms with Crippen LogP contribution < -0.4 is 5.69 Å². The van der Waals surface area contributed by atoms with E-state index in [4.69, 9.17) is 0 Å². The summed E-state index contributed by atoms with van der Waals surface area (Å²) < 4.78 is 1.61. The van der Waals surface area contributed by atoms with Gasteiger partial charge in [0.1, 0.15) is 6.29 Å². The summed E-state index contributed by atoms with van der Waals surface area (Å²) in [5.74, 6) is 0. The Morgan fingerprint density at radius 1 is 1.29 bits per heavy atom. The van der Waals surface area contributed by atoms with Crippen LogP contribution in [0.2, 0.25) is 0 Å². The number of aromatic nitrogens is 2. The van der Waals surface area contributed by atoms with E-state index in [1.165, 1.54) is 0 Å². The Bertz CT molecular complexity index is 564. The van der Waals surface area contributed by atoms with E-state index in [-0.39, 0.29) is 5.69 Å². The third-order valence-corrected chi connectivity index (χ3v) is 2.71. The smallest absolute Gasteiger partial charge is 0.312 e. The Morgan fingerprint density at radius 2 is 2.00 bits per heavy atom. The van der Waals surface area contributed by atoms with Gasteiger partial charge in [-0.1, -0.05) is 12.1 Å². The lowest BCUT2D eigenvalue weighted by Crippen LogP contribution is -2.15. The van der Waals surface area contributed by atoms with E-state index >= 15 is 0 Å². The SMILES string of the molecule is Cc1c[nH]c(=O)n1-c1ccc(CCC=O)cc1. The van der Waals surface area contributed by atoms with Crippen molar-refractivity contribution in [1.29, 1.82) is 0 Å². The summed E-state index contributed by atoms with van der Waals surface area (Å²) in [7, 11) is 0. The van der Waals surface area contributed by atoms with Crippen LogP contribution in [0.25, 0.3) is 5.69 Å². The first kappa shape index (κ1) is 11.4. The van der Waals surface area contributed by atoms with Crippen molar-refractivity contribution in [3.05, 3.63) is 52.2 Å². The van der Waals surface area contributed by atoms with E-state index in [2.05, 4.69) is 4.98 Å². The molecule has 0 radical (unpaired) electrons. The van der Waals surface area contributed by atoms with Gasteiger partial charge in [-0.15, -0.1) is 0 Å². The first-order valence-corrected chi connectivity index (χ1v) is 5.52. The average Bonchev–Trinajstić information content (AvgIpc) is 2.67. The molecule has 2 aromatic rings. The largest absolute Gasteiger partial charge is 0.330 e. The quantitative estimate of drug-likeness (QED) is 0.811. The minimum Gasteiger partial charge on any atom is -0.312 e. The average molecular weight is 230 g/mol. The summed E-state index contributed by atoms with van der Waals surface area (Å²) in [6, 6.07) is 7.67. The van der Waals surface area contributed by atoms with Crippen molar-refractivity contribution < 1.29 is 4.79 Å². The van der Waals surface area contributed by atoms with Crippen LogP contribution in [0.5, 0.6) is 0 Å². The monoisotopic (exact) mass is 230 g/mol. The fourth-order valence-electron chi connectivity index (χ4n) is 1.81. The van der Waals surface area contributed by atoms with Gasteiger partial charge in [0, 0.05) is 18.3 Å². The molecule has 0 amide bonds. The molecule has 0 fully saturated rings. The number of hydrogen-bond donors (Lipinski definition) is 1. The molecule has 0 aliphatic rings. The molecule has 1 heterocycles. The summed E-state index contributed by atoms with van der Waals surface area (Å²) in [5, 5.41) is 0. The second kappa shape index (κ2) is 4.82. The lowest BCUT2D eigenvalue weighted by molar-refractivity contribution is -0.107. The summed E-state index contributed by atoms with van der Waals surface area (Å²) in [6.45, 7) is 1.87. The molecule has 0 aliphatic heterocycles. The maximum Gasteiger partial charge on any atom is 0.330 e. The van der Waals surface area contributed by atoms with Crippen LogP contribution in [-0.2, 0) is 11.2 Å². The van der Waals surface area contributed by atoms with Gasteiger partial charge in [-0.25, -0.2) is 4.79 Å². The van der Waals surface area contributed by atoms with Gasteiger partial charge in [0.15, 0.2) is 0 Å². The number of carbonyl (C=O) groups excluding carboxylic acids is 1. The van der Waals surface area contributed by atoms with Crippen molar-refractivity contribution in [2.45, 2.75) is 19.8 Å². The summed E-state index contributed by atoms with van der Waals surface area (Å²) in [6.07, 6.45) is 3.87. The Morgan fingerprint density at radius 3 is 2.53 bits per heavy atom. The summed E-state index contributed by atoms with van der Waals surface area (Å²) in [4.78, 5) is 24.5. The lowest BCUT2D eigenvalue weighted by Gasteiger charge is -2.05. The number of hydrogen-bond acceptors (Lipinski definition) is 2. The predicted molar refractivity (Wildman–Crippen MR) is 65.5 cm³/mol. The second-order valence-corrected chi connectivity index (χ2v) is 3.94. The zero-order chi connectivity index (χ0) is 12.3. The molecule has 0 saturated carbocycles. The highest BCUT2D eigenvalue weighted by Gasteiger charge is 2.04. The van der Waals surface area contributed by atoms with Gasteiger partial charge in [0.25, 0.3) is 0 Å². The Kier molecular flexibility index (Phi) is 3.23. The van der Waals surface area contributed by atoms with Crippen LogP contribution in [0, 0.1) is 6.92 Å². The standard InChI is InChI=1S/C13H14N2O2/c1-10-9-14-13(17)15(10)12-6-4-11(5-7-12)3-2-8-16/h4-9H,2-3H2,1H3,(H,14,17). The molecule has 4 heteroatoms. The molecule has 0 saturated heterocycles. The molecule has 1 aromatic carbocycles. The van der Waals surface area contributed by atoms with Crippen LogP contribution in [0.3, 0.4) is 0 Å². The van der Waals surface area contributed by atoms with E-state index < -0.39 is 0 Å². The minimum atomic E-state index is -0.136. The zero-order valence-electron chi connectivity index (χ0n) is 9.64. The van der Waals surface area contributed by atoms with E-state index in [1.54, 1.807) is 10.8 Å². The lowest BCUT2D eigenvalue weighted by atomic mass is 10.1. The van der Waals surface area contributed by atoms with Crippen molar-refractivity contribution in [1.82, 2.24) is 9.55 Å². The third kappa shape index (κ3) is 2.36. The maximum atomic E-state index is 11.6. The van der Waals surface area contributed by atoms with Crippen LogP contribution in [0.4, 0.5) is 0 Å². The first-order valence-electron chi connectivity index (χ1n) is 5.52. The molecular formula is C13H14N2O2. The van der Waals surface area contributed by atoms with Gasteiger partial charge in [0.05, 0.1) is 5.69 Å². The number of aldehydes is 1. The number of nitrogens with zero attached hydrogens (tertiary/aromatic N) is 1. The van der Waals surface area contributed by atoms with E-state index in [9.17, 15) is 9.59 Å². The van der Waals surface area contributed by atoms with Gasteiger partial charge in [0.2, 0.25) is 0 Å². The van der Waals surface area contributed by atoms with E-state index in [0.29, 0.717) is 6.42 Å². The molecule has 0 spiro atoms. The first-order chi connectivity index (χ1) is 8.22. The fourth-order valence-corrected chi connectivity index (χ4v) is 1.81. The van der Waals surface area contributed by atoms with Crippen molar-refractivity contribution in [3.8, 4) is 5.69 Å². The molecule has 0 unspecified atom stereocenters. The van der Waals surface area contributed by atoms with E-state index in [1.807, 2.05) is 31.2 Å². The fraction of sp³-hybridized carbons (Fsp3) is 0.231. The Labute approximate surface area is 98.9 Å².